The lowest BCUT2D eigenvalue weighted by Crippen LogP contribution is -2.47. The third-order valence-corrected chi connectivity index (χ3v) is 3.35. The van der Waals surface area contributed by atoms with Crippen LogP contribution in [-0.4, -0.2) is 25.2 Å². The molecule has 122 valence electrons. The topological polar surface area (TPSA) is 47.6 Å². The molecule has 1 atom stereocenters. The minimum atomic E-state index is -4.62. The van der Waals surface area contributed by atoms with Gasteiger partial charge >= 0.3 is 18.6 Å². The van der Waals surface area contributed by atoms with Crippen LogP contribution < -0.4 is 10.1 Å². The summed E-state index contributed by atoms with van der Waals surface area (Å²) in [6.07, 6.45) is -9.28. The second kappa shape index (κ2) is 5.66. The summed E-state index contributed by atoms with van der Waals surface area (Å²) in [6.45, 7) is 3.56. The van der Waals surface area contributed by atoms with Crippen LogP contribution in [0, 0.1) is 5.41 Å². The highest BCUT2D eigenvalue weighted by Crippen LogP contribution is 2.41. The number of carbonyl (C=O) groups excluding carboxylic acids is 1. The van der Waals surface area contributed by atoms with Crippen LogP contribution in [0.4, 0.5) is 22.4 Å². The fourth-order valence-corrected chi connectivity index (χ4v) is 2.19. The maximum absolute atomic E-state index is 13.2. The van der Waals surface area contributed by atoms with Crippen LogP contribution >= 0.6 is 0 Å². The van der Waals surface area contributed by atoms with Gasteiger partial charge in [-0.25, -0.2) is 4.79 Å². The summed E-state index contributed by atoms with van der Waals surface area (Å²) in [5.41, 5.74) is -0.447. The van der Waals surface area contributed by atoms with Gasteiger partial charge in [0.2, 0.25) is 0 Å². The van der Waals surface area contributed by atoms with E-state index >= 15 is 0 Å². The predicted octanol–water partition coefficient (Wildman–Crippen LogP) is 3.73. The van der Waals surface area contributed by atoms with Crippen LogP contribution in [0.15, 0.2) is 24.3 Å². The number of rotatable bonds is 4. The Hall–Kier alpha value is -1.99. The molecule has 1 aromatic rings. The van der Waals surface area contributed by atoms with Crippen molar-refractivity contribution in [2.24, 2.45) is 5.41 Å². The number of halogens is 4. The maximum Gasteiger partial charge on any atom is 0.461 e. The van der Waals surface area contributed by atoms with E-state index in [9.17, 15) is 22.4 Å². The van der Waals surface area contributed by atoms with E-state index in [1.807, 2.05) is 0 Å². The molecule has 0 radical (unpaired) electrons. The minimum Gasteiger partial charge on any atom is -0.449 e. The lowest BCUT2D eigenvalue weighted by molar-refractivity contribution is -0.253. The molecule has 1 aliphatic rings. The maximum atomic E-state index is 13.2. The first-order valence-electron chi connectivity index (χ1n) is 6.51. The van der Waals surface area contributed by atoms with Crippen LogP contribution in [0.2, 0.25) is 0 Å². The first-order valence-corrected chi connectivity index (χ1v) is 6.51. The van der Waals surface area contributed by atoms with Crippen LogP contribution in [0.3, 0.4) is 0 Å². The van der Waals surface area contributed by atoms with Crippen LogP contribution in [-0.2, 0) is 4.74 Å². The molecule has 1 fully saturated rings. The number of nitrogens with one attached hydrogen (secondary N) is 1. The van der Waals surface area contributed by atoms with Gasteiger partial charge in [0, 0.05) is 11.0 Å². The van der Waals surface area contributed by atoms with Gasteiger partial charge in [-0.05, 0) is 6.07 Å². The third kappa shape index (κ3) is 3.26. The van der Waals surface area contributed by atoms with Crippen molar-refractivity contribution in [3.63, 3.8) is 0 Å². The van der Waals surface area contributed by atoms with Gasteiger partial charge in [-0.3, -0.25) is 0 Å². The van der Waals surface area contributed by atoms with Gasteiger partial charge in [0.05, 0.1) is 6.04 Å². The Bertz CT molecular complexity index is 563. The average Bonchev–Trinajstić information content (AvgIpc) is 2.42. The minimum absolute atomic E-state index is 0.0586. The molecule has 0 bridgehead atoms. The molecule has 0 saturated carbocycles. The summed E-state index contributed by atoms with van der Waals surface area (Å²) >= 11 is 0. The largest absolute Gasteiger partial charge is 0.461 e. The Morgan fingerprint density at radius 2 is 2.00 bits per heavy atom. The van der Waals surface area contributed by atoms with Gasteiger partial charge in [-0.15, -0.1) is 0 Å². The number of para-hydroxylation sites is 1. The van der Waals surface area contributed by atoms with Gasteiger partial charge in [0.15, 0.2) is 0 Å². The van der Waals surface area contributed by atoms with E-state index in [0.717, 1.165) is 6.07 Å². The number of amides is 1. The van der Waals surface area contributed by atoms with E-state index < -0.39 is 35.8 Å². The number of carbonyl (C=O) groups is 1. The van der Waals surface area contributed by atoms with Crippen molar-refractivity contribution in [2.45, 2.75) is 32.4 Å². The molecule has 0 aliphatic carbocycles. The molecule has 1 heterocycles. The van der Waals surface area contributed by atoms with Crippen molar-refractivity contribution >= 4 is 6.09 Å². The lowest BCUT2D eigenvalue weighted by Gasteiger charge is -2.39. The molecule has 1 aromatic carbocycles. The van der Waals surface area contributed by atoms with Gasteiger partial charge in [0.1, 0.15) is 12.4 Å². The van der Waals surface area contributed by atoms with Gasteiger partial charge in [0.25, 0.3) is 0 Å². The third-order valence-electron chi connectivity index (χ3n) is 3.35. The highest BCUT2D eigenvalue weighted by atomic mass is 19.3. The number of alkyl halides is 4. The molecule has 1 N–H and O–H groups in total. The molecule has 22 heavy (non-hydrogen) atoms. The normalized spacial score (nSPS) is 21.2. The summed E-state index contributed by atoms with van der Waals surface area (Å²) in [7, 11) is 0. The number of hydrogen-bond donors (Lipinski definition) is 1. The molecular weight excluding hydrogens is 306 g/mol. The second-order valence-electron chi connectivity index (χ2n) is 5.64. The number of ether oxygens (including phenoxy) is 2. The number of hydrogen-bond acceptors (Lipinski definition) is 3. The fourth-order valence-electron chi connectivity index (χ4n) is 2.19. The molecule has 0 spiro atoms. The molecule has 0 aromatic heterocycles. The predicted molar refractivity (Wildman–Crippen MR) is 69.0 cm³/mol. The molecule has 4 nitrogen and oxygen atoms in total. The van der Waals surface area contributed by atoms with Crippen molar-refractivity contribution in [2.75, 3.05) is 6.61 Å². The average molecular weight is 321 g/mol. The highest BCUT2D eigenvalue weighted by molar-refractivity contribution is 5.69. The molecular formula is C14H15F4NO3. The summed E-state index contributed by atoms with van der Waals surface area (Å²) in [4.78, 5) is 11.4. The van der Waals surface area contributed by atoms with E-state index in [0.29, 0.717) is 0 Å². The molecule has 1 saturated heterocycles. The van der Waals surface area contributed by atoms with Crippen molar-refractivity contribution < 1.29 is 31.8 Å². The van der Waals surface area contributed by atoms with Crippen molar-refractivity contribution in [3.8, 4) is 5.75 Å². The summed E-state index contributed by atoms with van der Waals surface area (Å²) < 4.78 is 60.0. The van der Waals surface area contributed by atoms with Crippen LogP contribution in [0.5, 0.6) is 5.75 Å². The molecule has 0 unspecified atom stereocenters. The number of benzene rings is 1. The van der Waals surface area contributed by atoms with Crippen LogP contribution in [0.25, 0.3) is 0 Å². The zero-order chi connectivity index (χ0) is 16.5. The summed E-state index contributed by atoms with van der Waals surface area (Å²) in [5.74, 6) is -0.409. The zero-order valence-corrected chi connectivity index (χ0v) is 11.9. The van der Waals surface area contributed by atoms with Gasteiger partial charge in [-0.1, -0.05) is 32.0 Å². The lowest BCUT2D eigenvalue weighted by atomic mass is 9.80. The fraction of sp³-hybridized carbons (Fsp3) is 0.500. The van der Waals surface area contributed by atoms with Gasteiger partial charge < -0.3 is 14.8 Å². The van der Waals surface area contributed by atoms with Crippen molar-refractivity contribution in [3.05, 3.63) is 29.8 Å². The number of cyclic esters (lactones) is 1. The number of alkyl carbamates (subject to hydrolysis) is 1. The molecule has 2 rings (SSSR count). The Morgan fingerprint density at radius 1 is 1.36 bits per heavy atom. The Kier molecular flexibility index (Phi) is 4.21. The quantitative estimate of drug-likeness (QED) is 0.860. The molecule has 8 heteroatoms. The smallest absolute Gasteiger partial charge is 0.449 e. The Morgan fingerprint density at radius 3 is 2.64 bits per heavy atom. The Balaban J connectivity index is 2.37. The Labute approximate surface area is 124 Å². The van der Waals surface area contributed by atoms with Gasteiger partial charge in [-0.2, -0.15) is 17.6 Å². The van der Waals surface area contributed by atoms with E-state index in [4.69, 9.17) is 4.74 Å². The highest BCUT2D eigenvalue weighted by Gasteiger charge is 2.46. The zero-order valence-electron chi connectivity index (χ0n) is 11.9. The van der Waals surface area contributed by atoms with E-state index in [1.165, 1.54) is 12.1 Å². The molecule has 1 amide bonds. The SMILES string of the molecule is CC1(C)COC(=O)N[C@@H]1c1ccccc1OC(F)(F)C(F)F. The van der Waals surface area contributed by atoms with Crippen LogP contribution in [0.1, 0.15) is 25.5 Å². The first kappa shape index (κ1) is 16.4. The van der Waals surface area contributed by atoms with E-state index in [1.54, 1.807) is 19.9 Å². The standard InChI is InChI=1S/C14H15F4NO3/c1-13(2)7-21-12(20)19-10(13)8-5-3-4-6-9(8)22-14(17,18)11(15)16/h3-6,10-11H,7H2,1-2H3,(H,19,20)/t10-/m1/s1. The van der Waals surface area contributed by atoms with Crippen molar-refractivity contribution in [1.82, 2.24) is 5.32 Å². The van der Waals surface area contributed by atoms with E-state index in [2.05, 4.69) is 10.1 Å². The summed E-state index contributed by atoms with van der Waals surface area (Å²) in [5, 5.41) is 2.50. The van der Waals surface area contributed by atoms with E-state index in [-0.39, 0.29) is 12.2 Å². The monoisotopic (exact) mass is 321 g/mol. The van der Waals surface area contributed by atoms with Crippen molar-refractivity contribution in [1.29, 1.82) is 0 Å². The summed E-state index contributed by atoms with van der Waals surface area (Å²) in [6, 6.07) is 4.81. The molecule has 1 aliphatic heterocycles. The first-order chi connectivity index (χ1) is 10.1. The second-order valence-corrected chi connectivity index (χ2v) is 5.64.